The number of hydrogen-bond acceptors (Lipinski definition) is 4. The number of fused-ring (bicyclic) bond motifs is 1. The summed E-state index contributed by atoms with van der Waals surface area (Å²) < 4.78 is 5.20. The van der Waals surface area contributed by atoms with Gasteiger partial charge in [0.25, 0.3) is 0 Å². The van der Waals surface area contributed by atoms with Crippen LogP contribution in [0.15, 0.2) is 4.52 Å². The second-order valence-electron chi connectivity index (χ2n) is 5.71. The third kappa shape index (κ3) is 2.13. The average molecular weight is 249 g/mol. The van der Waals surface area contributed by atoms with Crippen LogP contribution in [0.25, 0.3) is 0 Å². The fourth-order valence-electron chi connectivity index (χ4n) is 3.01. The number of nitrogens with zero attached hydrogens (tertiary/aromatic N) is 3. The summed E-state index contributed by atoms with van der Waals surface area (Å²) in [5.41, 5.74) is 0. The zero-order chi connectivity index (χ0) is 12.7. The van der Waals surface area contributed by atoms with E-state index in [-0.39, 0.29) is 12.3 Å². The van der Waals surface area contributed by atoms with Gasteiger partial charge in [-0.05, 0) is 24.7 Å². The van der Waals surface area contributed by atoms with Crippen molar-refractivity contribution in [2.75, 3.05) is 14.1 Å². The lowest BCUT2D eigenvalue weighted by Crippen LogP contribution is -2.23. The van der Waals surface area contributed by atoms with Gasteiger partial charge in [-0.1, -0.05) is 18.0 Å². The normalized spacial score (nSPS) is 29.8. The molecule has 5 heteroatoms. The molecule has 98 valence electrons. The highest BCUT2D eigenvalue weighted by atomic mass is 16.5. The molecule has 1 aromatic rings. The number of carbonyl (C=O) groups excluding carboxylic acids is 1. The van der Waals surface area contributed by atoms with E-state index in [1.807, 2.05) is 0 Å². The minimum atomic E-state index is -0.00172. The van der Waals surface area contributed by atoms with Gasteiger partial charge in [0.15, 0.2) is 5.82 Å². The van der Waals surface area contributed by atoms with E-state index >= 15 is 0 Å². The van der Waals surface area contributed by atoms with Crippen molar-refractivity contribution in [1.29, 1.82) is 0 Å². The first-order chi connectivity index (χ1) is 8.65. The minimum Gasteiger partial charge on any atom is -0.348 e. The van der Waals surface area contributed by atoms with Crippen molar-refractivity contribution in [3.63, 3.8) is 0 Å². The molecule has 0 spiro atoms. The Labute approximate surface area is 107 Å². The minimum absolute atomic E-state index is 0.00172. The number of carbonyl (C=O) groups is 1. The van der Waals surface area contributed by atoms with Crippen LogP contribution >= 0.6 is 0 Å². The van der Waals surface area contributed by atoms with Gasteiger partial charge in [-0.2, -0.15) is 4.98 Å². The Bertz CT molecular complexity index is 455. The van der Waals surface area contributed by atoms with Gasteiger partial charge < -0.3 is 9.42 Å². The summed E-state index contributed by atoms with van der Waals surface area (Å²) in [5.74, 6) is 3.41. The zero-order valence-electron chi connectivity index (χ0n) is 10.9. The molecule has 0 bridgehead atoms. The fourth-order valence-corrected chi connectivity index (χ4v) is 3.01. The molecule has 2 aliphatic carbocycles. The average Bonchev–Trinajstić information content (AvgIpc) is 3.00. The van der Waals surface area contributed by atoms with Crippen molar-refractivity contribution >= 4 is 5.91 Å². The van der Waals surface area contributed by atoms with Gasteiger partial charge in [0.2, 0.25) is 11.8 Å². The van der Waals surface area contributed by atoms with Gasteiger partial charge in [-0.25, -0.2) is 0 Å². The highest BCUT2D eigenvalue weighted by Gasteiger charge is 2.47. The molecule has 3 atom stereocenters. The lowest BCUT2D eigenvalue weighted by Gasteiger charge is -2.17. The molecule has 1 amide bonds. The molecule has 18 heavy (non-hydrogen) atoms. The highest BCUT2D eigenvalue weighted by Crippen LogP contribution is 2.55. The standard InChI is InChI=1S/C13H19N3O2/c1-16(2)12(17)7-11-14-13(15-18-11)9-5-3-4-8-6-10(8)9/h8-10H,3-7H2,1-2H3. The summed E-state index contributed by atoms with van der Waals surface area (Å²) in [6.45, 7) is 0. The second kappa shape index (κ2) is 4.37. The molecule has 2 aliphatic rings. The second-order valence-corrected chi connectivity index (χ2v) is 5.71. The molecule has 1 heterocycles. The Kier molecular flexibility index (Phi) is 2.84. The molecule has 0 aromatic carbocycles. The van der Waals surface area contributed by atoms with Crippen molar-refractivity contribution in [2.45, 2.75) is 38.0 Å². The third-order valence-electron chi connectivity index (χ3n) is 4.20. The first kappa shape index (κ1) is 11.7. The topological polar surface area (TPSA) is 59.2 Å². The van der Waals surface area contributed by atoms with E-state index in [9.17, 15) is 4.79 Å². The Hall–Kier alpha value is -1.39. The summed E-state index contributed by atoms with van der Waals surface area (Å²) in [6, 6.07) is 0. The van der Waals surface area contributed by atoms with Gasteiger partial charge in [-0.15, -0.1) is 0 Å². The molecule has 5 nitrogen and oxygen atoms in total. The Morgan fingerprint density at radius 2 is 2.28 bits per heavy atom. The number of rotatable bonds is 3. The maximum atomic E-state index is 11.6. The fraction of sp³-hybridized carbons (Fsp3) is 0.769. The highest BCUT2D eigenvalue weighted by molar-refractivity contribution is 5.77. The quantitative estimate of drug-likeness (QED) is 0.816. The van der Waals surface area contributed by atoms with Crippen LogP contribution in [0.4, 0.5) is 0 Å². The van der Waals surface area contributed by atoms with Crippen molar-refractivity contribution < 1.29 is 9.32 Å². The predicted octanol–water partition coefficient (Wildman–Crippen LogP) is 1.60. The van der Waals surface area contributed by atoms with Crippen molar-refractivity contribution in [3.8, 4) is 0 Å². The van der Waals surface area contributed by atoms with E-state index in [0.29, 0.717) is 11.8 Å². The van der Waals surface area contributed by atoms with Crippen LogP contribution < -0.4 is 0 Å². The molecule has 1 aromatic heterocycles. The Balaban J connectivity index is 1.68. The van der Waals surface area contributed by atoms with Crippen molar-refractivity contribution in [2.24, 2.45) is 11.8 Å². The van der Waals surface area contributed by atoms with E-state index in [1.54, 1.807) is 19.0 Å². The molecular weight excluding hydrogens is 230 g/mol. The van der Waals surface area contributed by atoms with Crippen LogP contribution in [0.5, 0.6) is 0 Å². The van der Waals surface area contributed by atoms with E-state index in [1.165, 1.54) is 25.7 Å². The predicted molar refractivity (Wildman–Crippen MR) is 64.9 cm³/mol. The first-order valence-corrected chi connectivity index (χ1v) is 6.68. The Morgan fingerprint density at radius 1 is 1.44 bits per heavy atom. The molecule has 2 saturated carbocycles. The largest absolute Gasteiger partial charge is 0.348 e. The smallest absolute Gasteiger partial charge is 0.236 e. The van der Waals surface area contributed by atoms with Crippen LogP contribution in [0.2, 0.25) is 0 Å². The van der Waals surface area contributed by atoms with Crippen LogP contribution in [-0.2, 0) is 11.2 Å². The number of aromatic nitrogens is 2. The lowest BCUT2D eigenvalue weighted by molar-refractivity contribution is -0.128. The third-order valence-corrected chi connectivity index (χ3v) is 4.20. The van der Waals surface area contributed by atoms with Crippen LogP contribution in [-0.4, -0.2) is 35.0 Å². The maximum Gasteiger partial charge on any atom is 0.236 e. The van der Waals surface area contributed by atoms with Crippen LogP contribution in [0.1, 0.15) is 43.3 Å². The van der Waals surface area contributed by atoms with E-state index in [4.69, 9.17) is 4.52 Å². The molecule has 0 saturated heterocycles. The summed E-state index contributed by atoms with van der Waals surface area (Å²) >= 11 is 0. The van der Waals surface area contributed by atoms with Gasteiger partial charge in [0.1, 0.15) is 6.42 Å². The monoisotopic (exact) mass is 249 g/mol. The molecule has 0 N–H and O–H groups in total. The summed E-state index contributed by atoms with van der Waals surface area (Å²) in [4.78, 5) is 17.5. The maximum absolute atomic E-state index is 11.6. The molecule has 3 unspecified atom stereocenters. The van der Waals surface area contributed by atoms with Crippen molar-refractivity contribution in [1.82, 2.24) is 15.0 Å². The summed E-state index contributed by atoms with van der Waals surface area (Å²) in [6.07, 6.45) is 5.34. The van der Waals surface area contributed by atoms with Crippen LogP contribution in [0, 0.1) is 11.8 Å². The Morgan fingerprint density at radius 3 is 3.06 bits per heavy atom. The summed E-state index contributed by atoms with van der Waals surface area (Å²) in [7, 11) is 3.46. The number of likely N-dealkylation sites (N-methyl/N-ethyl adjacent to an activating group) is 1. The first-order valence-electron chi connectivity index (χ1n) is 6.68. The van der Waals surface area contributed by atoms with Gasteiger partial charge in [-0.3, -0.25) is 4.79 Å². The van der Waals surface area contributed by atoms with Crippen LogP contribution in [0.3, 0.4) is 0 Å². The van der Waals surface area contributed by atoms with E-state index in [0.717, 1.165) is 17.7 Å². The molecule has 3 rings (SSSR count). The lowest BCUT2D eigenvalue weighted by atomic mass is 9.88. The number of amides is 1. The summed E-state index contributed by atoms with van der Waals surface area (Å²) in [5, 5.41) is 4.07. The molecule has 0 aliphatic heterocycles. The van der Waals surface area contributed by atoms with E-state index in [2.05, 4.69) is 10.1 Å². The zero-order valence-corrected chi connectivity index (χ0v) is 10.9. The van der Waals surface area contributed by atoms with Crippen molar-refractivity contribution in [3.05, 3.63) is 11.7 Å². The molecule has 2 fully saturated rings. The SMILES string of the molecule is CN(C)C(=O)Cc1nc(C2CCCC3CC32)no1. The van der Waals surface area contributed by atoms with Gasteiger partial charge >= 0.3 is 0 Å². The van der Waals surface area contributed by atoms with Gasteiger partial charge in [0, 0.05) is 20.0 Å². The van der Waals surface area contributed by atoms with E-state index < -0.39 is 0 Å². The number of hydrogen-bond donors (Lipinski definition) is 0. The molecule has 0 radical (unpaired) electrons. The van der Waals surface area contributed by atoms with Gasteiger partial charge in [0.05, 0.1) is 0 Å². The molecular formula is C13H19N3O2.